The average Bonchev–Trinajstić information content (AvgIpc) is 2.87. The SMILES string of the molecule is NC(=O)NCCNCc1cnn(Cc2ccccc2)c1. The van der Waals surface area contributed by atoms with Gasteiger partial charge in [-0.15, -0.1) is 0 Å². The minimum atomic E-state index is -0.498. The zero-order valence-corrected chi connectivity index (χ0v) is 11.2. The van der Waals surface area contributed by atoms with Crippen molar-refractivity contribution in [1.82, 2.24) is 20.4 Å². The molecule has 0 radical (unpaired) electrons. The summed E-state index contributed by atoms with van der Waals surface area (Å²) in [4.78, 5) is 10.5. The summed E-state index contributed by atoms with van der Waals surface area (Å²) in [6, 6.07) is 9.70. The van der Waals surface area contributed by atoms with Crippen molar-refractivity contribution in [2.75, 3.05) is 13.1 Å². The van der Waals surface area contributed by atoms with Gasteiger partial charge in [-0.3, -0.25) is 4.68 Å². The molecule has 0 saturated carbocycles. The van der Waals surface area contributed by atoms with E-state index in [4.69, 9.17) is 5.73 Å². The van der Waals surface area contributed by atoms with Crippen molar-refractivity contribution in [2.45, 2.75) is 13.1 Å². The van der Waals surface area contributed by atoms with Gasteiger partial charge in [0.05, 0.1) is 12.7 Å². The molecule has 0 aliphatic rings. The van der Waals surface area contributed by atoms with Gasteiger partial charge in [0.15, 0.2) is 0 Å². The normalized spacial score (nSPS) is 10.4. The van der Waals surface area contributed by atoms with Crippen LogP contribution in [0.25, 0.3) is 0 Å². The molecular weight excluding hydrogens is 254 g/mol. The van der Waals surface area contributed by atoms with E-state index in [1.807, 2.05) is 35.3 Å². The van der Waals surface area contributed by atoms with Crippen molar-refractivity contribution in [1.29, 1.82) is 0 Å². The maximum absolute atomic E-state index is 10.5. The van der Waals surface area contributed by atoms with Gasteiger partial charge in [-0.1, -0.05) is 30.3 Å². The lowest BCUT2D eigenvalue weighted by atomic mass is 10.2. The average molecular weight is 273 g/mol. The van der Waals surface area contributed by atoms with Crippen LogP contribution >= 0.6 is 0 Å². The summed E-state index contributed by atoms with van der Waals surface area (Å²) in [5.74, 6) is 0. The number of carbonyl (C=O) groups is 1. The van der Waals surface area contributed by atoms with Crippen LogP contribution < -0.4 is 16.4 Å². The van der Waals surface area contributed by atoms with Gasteiger partial charge < -0.3 is 16.4 Å². The first-order valence-electron chi connectivity index (χ1n) is 6.53. The standard InChI is InChI=1S/C14H19N5O/c15-14(20)17-7-6-16-8-13-9-18-19(11-13)10-12-4-2-1-3-5-12/h1-5,9,11,16H,6-8,10H2,(H3,15,17,20). The molecule has 20 heavy (non-hydrogen) atoms. The lowest BCUT2D eigenvalue weighted by Gasteiger charge is -2.03. The molecule has 0 aliphatic carbocycles. The topological polar surface area (TPSA) is 85.0 Å². The summed E-state index contributed by atoms with van der Waals surface area (Å²) in [5, 5.41) is 10.1. The van der Waals surface area contributed by atoms with Crippen LogP contribution in [-0.2, 0) is 13.1 Å². The van der Waals surface area contributed by atoms with Crippen LogP contribution in [0.4, 0.5) is 4.79 Å². The van der Waals surface area contributed by atoms with Gasteiger partial charge in [-0.05, 0) is 5.56 Å². The molecule has 106 valence electrons. The van der Waals surface area contributed by atoms with Crippen molar-refractivity contribution in [3.8, 4) is 0 Å². The van der Waals surface area contributed by atoms with E-state index in [1.165, 1.54) is 5.56 Å². The highest BCUT2D eigenvalue weighted by atomic mass is 16.2. The highest BCUT2D eigenvalue weighted by Crippen LogP contribution is 2.03. The Balaban J connectivity index is 1.73. The van der Waals surface area contributed by atoms with Gasteiger partial charge in [-0.25, -0.2) is 4.79 Å². The molecule has 2 amide bonds. The Kier molecular flexibility index (Phi) is 5.14. The zero-order valence-electron chi connectivity index (χ0n) is 11.2. The number of hydrogen-bond donors (Lipinski definition) is 3. The summed E-state index contributed by atoms with van der Waals surface area (Å²) in [5.41, 5.74) is 7.31. The molecule has 4 N–H and O–H groups in total. The summed E-state index contributed by atoms with van der Waals surface area (Å²) >= 11 is 0. The number of amides is 2. The number of benzene rings is 1. The molecule has 0 aliphatic heterocycles. The fourth-order valence-corrected chi connectivity index (χ4v) is 1.86. The fraction of sp³-hybridized carbons (Fsp3) is 0.286. The van der Waals surface area contributed by atoms with Crippen LogP contribution in [0, 0.1) is 0 Å². The summed E-state index contributed by atoms with van der Waals surface area (Å²) < 4.78 is 1.91. The first-order valence-corrected chi connectivity index (χ1v) is 6.53. The number of aromatic nitrogens is 2. The molecule has 0 saturated heterocycles. The third-order valence-corrected chi connectivity index (χ3v) is 2.80. The lowest BCUT2D eigenvalue weighted by Crippen LogP contribution is -2.35. The largest absolute Gasteiger partial charge is 0.352 e. The second-order valence-electron chi connectivity index (χ2n) is 4.50. The Morgan fingerprint density at radius 1 is 1.20 bits per heavy atom. The van der Waals surface area contributed by atoms with E-state index in [-0.39, 0.29) is 0 Å². The summed E-state index contributed by atoms with van der Waals surface area (Å²) in [6.45, 7) is 2.68. The Bertz CT molecular complexity index is 538. The van der Waals surface area contributed by atoms with Gasteiger partial charge in [0, 0.05) is 31.4 Å². The zero-order chi connectivity index (χ0) is 14.2. The van der Waals surface area contributed by atoms with Gasteiger partial charge >= 0.3 is 6.03 Å². The Hall–Kier alpha value is -2.34. The molecule has 1 aromatic heterocycles. The van der Waals surface area contributed by atoms with Crippen LogP contribution in [0.3, 0.4) is 0 Å². The number of nitrogens with one attached hydrogen (secondary N) is 2. The molecular formula is C14H19N5O. The third-order valence-electron chi connectivity index (χ3n) is 2.80. The highest BCUT2D eigenvalue weighted by Gasteiger charge is 1.99. The maximum Gasteiger partial charge on any atom is 0.312 e. The smallest absolute Gasteiger partial charge is 0.312 e. The number of primary amides is 1. The first kappa shape index (κ1) is 14.1. The fourth-order valence-electron chi connectivity index (χ4n) is 1.86. The van der Waals surface area contributed by atoms with Crippen molar-refractivity contribution >= 4 is 6.03 Å². The van der Waals surface area contributed by atoms with E-state index in [0.29, 0.717) is 13.1 Å². The molecule has 1 heterocycles. The van der Waals surface area contributed by atoms with Crippen LogP contribution in [0.2, 0.25) is 0 Å². The number of urea groups is 1. The molecule has 0 bridgehead atoms. The number of nitrogens with zero attached hydrogens (tertiary/aromatic N) is 2. The van der Waals surface area contributed by atoms with Crippen LogP contribution in [0.15, 0.2) is 42.7 Å². The number of carbonyl (C=O) groups excluding carboxylic acids is 1. The molecule has 2 rings (SSSR count). The Morgan fingerprint density at radius 3 is 2.75 bits per heavy atom. The van der Waals surface area contributed by atoms with Gasteiger partial charge in [0.25, 0.3) is 0 Å². The van der Waals surface area contributed by atoms with Crippen LogP contribution in [-0.4, -0.2) is 28.9 Å². The molecule has 6 heteroatoms. The predicted octanol–water partition coefficient (Wildman–Crippen LogP) is 0.689. The molecule has 6 nitrogen and oxygen atoms in total. The van der Waals surface area contributed by atoms with E-state index in [1.54, 1.807) is 0 Å². The van der Waals surface area contributed by atoms with E-state index in [2.05, 4.69) is 27.9 Å². The predicted molar refractivity (Wildman–Crippen MR) is 77.1 cm³/mol. The van der Waals surface area contributed by atoms with Crippen LogP contribution in [0.5, 0.6) is 0 Å². The molecule has 0 unspecified atom stereocenters. The molecule has 0 fully saturated rings. The van der Waals surface area contributed by atoms with Crippen LogP contribution in [0.1, 0.15) is 11.1 Å². The molecule has 0 atom stereocenters. The first-order chi connectivity index (χ1) is 9.74. The summed E-state index contributed by atoms with van der Waals surface area (Å²) in [7, 11) is 0. The van der Waals surface area contributed by atoms with Crippen molar-refractivity contribution in [3.63, 3.8) is 0 Å². The van der Waals surface area contributed by atoms with Crippen molar-refractivity contribution in [3.05, 3.63) is 53.9 Å². The van der Waals surface area contributed by atoms with Gasteiger partial charge in [-0.2, -0.15) is 5.10 Å². The second-order valence-corrected chi connectivity index (χ2v) is 4.50. The molecule has 2 aromatic rings. The van der Waals surface area contributed by atoms with Gasteiger partial charge in [0.1, 0.15) is 0 Å². The minimum absolute atomic E-state index is 0.498. The minimum Gasteiger partial charge on any atom is -0.352 e. The third kappa shape index (κ3) is 4.74. The van der Waals surface area contributed by atoms with E-state index in [0.717, 1.165) is 18.7 Å². The van der Waals surface area contributed by atoms with Gasteiger partial charge in [0.2, 0.25) is 0 Å². The Morgan fingerprint density at radius 2 is 2.00 bits per heavy atom. The van der Waals surface area contributed by atoms with E-state index < -0.39 is 6.03 Å². The van der Waals surface area contributed by atoms with E-state index >= 15 is 0 Å². The summed E-state index contributed by atoms with van der Waals surface area (Å²) in [6.07, 6.45) is 3.86. The number of rotatable bonds is 7. The quantitative estimate of drug-likeness (QED) is 0.649. The molecule has 0 spiro atoms. The second kappa shape index (κ2) is 7.30. The highest BCUT2D eigenvalue weighted by molar-refractivity contribution is 5.71. The van der Waals surface area contributed by atoms with E-state index in [9.17, 15) is 4.79 Å². The maximum atomic E-state index is 10.5. The monoisotopic (exact) mass is 273 g/mol. The number of nitrogens with two attached hydrogens (primary N) is 1. The van der Waals surface area contributed by atoms with Crippen molar-refractivity contribution in [2.24, 2.45) is 5.73 Å². The van der Waals surface area contributed by atoms with Crippen molar-refractivity contribution < 1.29 is 4.79 Å². The Labute approximate surface area is 118 Å². The number of hydrogen-bond acceptors (Lipinski definition) is 3. The lowest BCUT2D eigenvalue weighted by molar-refractivity contribution is 0.249. The molecule has 1 aromatic carbocycles.